The molecule has 2 aliphatic rings. The van der Waals surface area contributed by atoms with Gasteiger partial charge in [0.15, 0.2) is 0 Å². The van der Waals surface area contributed by atoms with E-state index in [0.29, 0.717) is 11.7 Å². The smallest absolute Gasteiger partial charge is 0.136 e. The normalized spacial score (nSPS) is 28.6. The van der Waals surface area contributed by atoms with Crippen LogP contribution < -0.4 is 0 Å². The van der Waals surface area contributed by atoms with Crippen molar-refractivity contribution in [3.63, 3.8) is 0 Å². The van der Waals surface area contributed by atoms with Gasteiger partial charge in [0.05, 0.1) is 0 Å². The maximum atomic E-state index is 11.2. The molecule has 1 N–H and O–H groups in total. The van der Waals surface area contributed by atoms with E-state index in [1.54, 1.807) is 13.0 Å². The number of hydrogen-bond donors (Lipinski definition) is 1. The molecule has 0 saturated heterocycles. The molecule has 2 atom stereocenters. The van der Waals surface area contributed by atoms with Crippen molar-refractivity contribution in [3.8, 4) is 0 Å². The molecule has 0 spiro atoms. The van der Waals surface area contributed by atoms with E-state index in [-0.39, 0.29) is 11.7 Å². The highest BCUT2D eigenvalue weighted by molar-refractivity contribution is 5.80. The number of aliphatic hydroxyl groups is 1. The van der Waals surface area contributed by atoms with Gasteiger partial charge < -0.3 is 5.11 Å². The molecule has 2 nitrogen and oxygen atoms in total. The Labute approximate surface area is 95.7 Å². The van der Waals surface area contributed by atoms with Crippen LogP contribution in [0.2, 0.25) is 0 Å². The summed E-state index contributed by atoms with van der Waals surface area (Å²) in [5.74, 6) is 0.974. The fourth-order valence-electron chi connectivity index (χ4n) is 2.07. The van der Waals surface area contributed by atoms with E-state index in [2.05, 4.69) is 6.08 Å². The van der Waals surface area contributed by atoms with Crippen molar-refractivity contribution in [2.45, 2.75) is 19.8 Å². The van der Waals surface area contributed by atoms with Gasteiger partial charge >= 0.3 is 0 Å². The number of aliphatic hydroxyl groups excluding tert-OH is 1. The molecule has 84 valence electrons. The zero-order valence-electron chi connectivity index (χ0n) is 9.39. The average Bonchev–Trinajstić information content (AvgIpc) is 2.30. The minimum atomic E-state index is 0.0558. The summed E-state index contributed by atoms with van der Waals surface area (Å²) in [6, 6.07) is 0. The fraction of sp³-hybridized carbons (Fsp3) is 0.357. The van der Waals surface area contributed by atoms with Crippen LogP contribution in [0.5, 0.6) is 0 Å². The quantitative estimate of drug-likeness (QED) is 0.770. The van der Waals surface area contributed by atoms with Gasteiger partial charge in [0.1, 0.15) is 11.5 Å². The van der Waals surface area contributed by atoms with Gasteiger partial charge in [-0.25, -0.2) is 0 Å². The molecule has 0 aliphatic heterocycles. The molecule has 2 rings (SSSR count). The summed E-state index contributed by atoms with van der Waals surface area (Å²) in [4.78, 5) is 11.2. The Morgan fingerprint density at radius 1 is 1.25 bits per heavy atom. The summed E-state index contributed by atoms with van der Waals surface area (Å²) in [7, 11) is 0. The summed E-state index contributed by atoms with van der Waals surface area (Å²) >= 11 is 0. The molecule has 0 heterocycles. The Morgan fingerprint density at radius 3 is 2.56 bits per heavy atom. The molecular formula is C14H16O2. The van der Waals surface area contributed by atoms with Gasteiger partial charge in [0, 0.05) is 11.8 Å². The van der Waals surface area contributed by atoms with E-state index in [1.807, 2.05) is 24.3 Å². The third-order valence-electron chi connectivity index (χ3n) is 3.16. The zero-order chi connectivity index (χ0) is 11.5. The Kier molecular flexibility index (Phi) is 3.09. The van der Waals surface area contributed by atoms with Gasteiger partial charge in [0.2, 0.25) is 0 Å². The van der Waals surface area contributed by atoms with E-state index >= 15 is 0 Å². The maximum Gasteiger partial charge on any atom is 0.136 e. The van der Waals surface area contributed by atoms with Gasteiger partial charge in [-0.1, -0.05) is 24.3 Å². The summed E-state index contributed by atoms with van der Waals surface area (Å²) in [6.07, 6.45) is 13.4. The molecule has 0 fully saturated rings. The van der Waals surface area contributed by atoms with Gasteiger partial charge in [-0.05, 0) is 37.5 Å². The Morgan fingerprint density at radius 2 is 2.06 bits per heavy atom. The number of ketones is 1. The predicted molar refractivity (Wildman–Crippen MR) is 64.0 cm³/mol. The minimum Gasteiger partial charge on any atom is -0.508 e. The fourth-order valence-corrected chi connectivity index (χ4v) is 2.07. The lowest BCUT2D eigenvalue weighted by molar-refractivity contribution is -0.119. The molecule has 0 saturated carbocycles. The van der Waals surface area contributed by atoms with Crippen molar-refractivity contribution in [2.75, 3.05) is 0 Å². The zero-order valence-corrected chi connectivity index (χ0v) is 9.39. The van der Waals surface area contributed by atoms with Crippen LogP contribution in [0, 0.1) is 11.8 Å². The van der Waals surface area contributed by atoms with Crippen molar-refractivity contribution in [2.24, 2.45) is 11.8 Å². The third-order valence-corrected chi connectivity index (χ3v) is 3.16. The van der Waals surface area contributed by atoms with Crippen LogP contribution in [0.1, 0.15) is 19.8 Å². The number of Topliss-reactive ketones (excluding diaryl/α,β-unsaturated/α-hetero) is 1. The van der Waals surface area contributed by atoms with Crippen molar-refractivity contribution in [1.29, 1.82) is 0 Å². The van der Waals surface area contributed by atoms with Crippen LogP contribution in [0.15, 0.2) is 47.8 Å². The predicted octanol–water partition coefficient (Wildman–Crippen LogP) is 3.10. The summed E-state index contributed by atoms with van der Waals surface area (Å²) in [5, 5.41) is 9.23. The first-order chi connectivity index (χ1) is 7.66. The molecular weight excluding hydrogens is 200 g/mol. The topological polar surface area (TPSA) is 37.3 Å². The lowest BCUT2D eigenvalue weighted by atomic mass is 9.85. The lowest BCUT2D eigenvalue weighted by Gasteiger charge is -2.20. The first kappa shape index (κ1) is 10.9. The van der Waals surface area contributed by atoms with Crippen LogP contribution in [0.4, 0.5) is 0 Å². The van der Waals surface area contributed by atoms with E-state index in [0.717, 1.165) is 12.8 Å². The summed E-state index contributed by atoms with van der Waals surface area (Å²) in [5.41, 5.74) is 1.25. The van der Waals surface area contributed by atoms with Crippen LogP contribution >= 0.6 is 0 Å². The first-order valence-electron chi connectivity index (χ1n) is 5.63. The highest BCUT2D eigenvalue weighted by atomic mass is 16.3. The highest BCUT2D eigenvalue weighted by Gasteiger charge is 2.17. The molecule has 2 heteroatoms. The molecule has 0 radical (unpaired) electrons. The van der Waals surface area contributed by atoms with Crippen LogP contribution in [0.25, 0.3) is 0 Å². The summed E-state index contributed by atoms with van der Waals surface area (Å²) < 4.78 is 0. The number of allylic oxidation sites excluding steroid dienone is 7. The van der Waals surface area contributed by atoms with Crippen molar-refractivity contribution < 1.29 is 9.90 Å². The van der Waals surface area contributed by atoms with Crippen molar-refractivity contribution >= 4 is 5.78 Å². The van der Waals surface area contributed by atoms with Gasteiger partial charge in [-0.15, -0.1) is 0 Å². The van der Waals surface area contributed by atoms with E-state index in [4.69, 9.17) is 0 Å². The molecule has 16 heavy (non-hydrogen) atoms. The highest BCUT2D eigenvalue weighted by Crippen LogP contribution is 2.28. The molecule has 2 unspecified atom stereocenters. The number of rotatable bonds is 2. The van der Waals surface area contributed by atoms with Crippen molar-refractivity contribution in [3.05, 3.63) is 47.8 Å². The lowest BCUT2D eigenvalue weighted by Crippen LogP contribution is -2.12. The molecule has 0 aromatic rings. The van der Waals surface area contributed by atoms with Gasteiger partial charge in [-0.2, -0.15) is 0 Å². The Balaban J connectivity index is 2.02. The SMILES string of the molecule is CC(=O)C1C=CC(C2C=CC(O)=CC2)=CC1. The first-order valence-corrected chi connectivity index (χ1v) is 5.63. The Hall–Kier alpha value is -1.57. The van der Waals surface area contributed by atoms with Gasteiger partial charge in [-0.3, -0.25) is 4.79 Å². The van der Waals surface area contributed by atoms with Crippen molar-refractivity contribution in [1.82, 2.24) is 0 Å². The van der Waals surface area contributed by atoms with Gasteiger partial charge in [0.25, 0.3) is 0 Å². The standard InChI is InChI=1S/C14H16O2/c1-10(15)11-2-4-12(5-3-11)13-6-8-14(16)9-7-13/h2,4-6,8-9,11,13,16H,3,7H2,1H3. The van der Waals surface area contributed by atoms with Crippen LogP contribution in [-0.2, 0) is 4.79 Å². The maximum absolute atomic E-state index is 11.2. The second-order valence-electron chi connectivity index (χ2n) is 4.35. The molecule has 0 bridgehead atoms. The molecule has 0 aromatic carbocycles. The molecule has 2 aliphatic carbocycles. The molecule has 0 aromatic heterocycles. The Bertz CT molecular complexity index is 410. The van der Waals surface area contributed by atoms with Crippen LogP contribution in [-0.4, -0.2) is 10.9 Å². The second kappa shape index (κ2) is 4.52. The summed E-state index contributed by atoms with van der Waals surface area (Å²) in [6.45, 7) is 1.63. The van der Waals surface area contributed by atoms with Crippen LogP contribution in [0.3, 0.4) is 0 Å². The van der Waals surface area contributed by atoms with E-state index in [9.17, 15) is 9.90 Å². The third kappa shape index (κ3) is 2.32. The average molecular weight is 216 g/mol. The number of carbonyl (C=O) groups is 1. The van der Waals surface area contributed by atoms with E-state index < -0.39 is 0 Å². The van der Waals surface area contributed by atoms with E-state index in [1.165, 1.54) is 5.57 Å². The largest absolute Gasteiger partial charge is 0.508 e. The second-order valence-corrected chi connectivity index (χ2v) is 4.35. The number of carbonyl (C=O) groups excluding carboxylic acids is 1. The monoisotopic (exact) mass is 216 g/mol. The minimum absolute atomic E-state index is 0.0558. The number of hydrogen-bond acceptors (Lipinski definition) is 2. The molecule has 0 amide bonds.